The van der Waals surface area contributed by atoms with Gasteiger partial charge in [0.2, 0.25) is 0 Å². The van der Waals surface area contributed by atoms with Crippen LogP contribution in [0.1, 0.15) is 62.8 Å². The molecule has 0 saturated carbocycles. The smallest absolute Gasteiger partial charge is 0.0381 e. The topological polar surface area (TPSA) is 12.0 Å². The number of rotatable bonds is 8. The molecule has 0 amide bonds. The third-order valence-electron chi connectivity index (χ3n) is 6.28. The molecule has 0 atom stereocenters. The summed E-state index contributed by atoms with van der Waals surface area (Å²) in [5.41, 5.74) is 7.80. The van der Waals surface area contributed by atoms with Gasteiger partial charge in [0.1, 0.15) is 0 Å². The van der Waals surface area contributed by atoms with Crippen LogP contribution >= 0.6 is 0 Å². The Bertz CT molecular complexity index is 918. The first-order valence-electron chi connectivity index (χ1n) is 11.5. The summed E-state index contributed by atoms with van der Waals surface area (Å²) in [4.78, 5) is 0. The number of benzene rings is 3. The normalized spacial score (nSPS) is 10.7. The average molecular weight is 414 g/mol. The summed E-state index contributed by atoms with van der Waals surface area (Å²) in [5.74, 6) is 0. The van der Waals surface area contributed by atoms with Crippen molar-refractivity contribution < 1.29 is 0 Å². The molecule has 1 heteroatoms. The highest BCUT2D eigenvalue weighted by atomic mass is 14.9. The van der Waals surface area contributed by atoms with E-state index >= 15 is 0 Å². The SMILES string of the molecule is C=C(Nc1ccc(Cc2cccc(C)c2)cc1)C(C)(CC)CC.CCc1ccccc1. The number of allylic oxidation sites excluding steroid dienone is 1. The minimum Gasteiger partial charge on any atom is -0.359 e. The van der Waals surface area contributed by atoms with Crippen molar-refractivity contribution in [3.8, 4) is 0 Å². The standard InChI is InChI=1S/C22H29N.C8H10/c1-6-22(5,7-2)18(4)23-21-13-11-19(12-14-21)16-20-10-8-9-17(3)15-20;1-2-8-6-4-3-5-7-8/h8-15,23H,4,6-7,16H2,1-3,5H3;3-7H,2H2,1H3. The van der Waals surface area contributed by atoms with E-state index in [1.807, 2.05) is 6.07 Å². The molecule has 0 aromatic heterocycles. The van der Waals surface area contributed by atoms with E-state index in [9.17, 15) is 0 Å². The van der Waals surface area contributed by atoms with Crippen molar-refractivity contribution in [1.82, 2.24) is 0 Å². The third-order valence-corrected chi connectivity index (χ3v) is 6.28. The van der Waals surface area contributed by atoms with E-state index in [1.54, 1.807) is 0 Å². The van der Waals surface area contributed by atoms with E-state index in [4.69, 9.17) is 0 Å². The lowest BCUT2D eigenvalue weighted by Gasteiger charge is -2.30. The molecule has 0 saturated heterocycles. The van der Waals surface area contributed by atoms with E-state index in [1.165, 1.54) is 22.3 Å². The molecule has 0 heterocycles. The van der Waals surface area contributed by atoms with Gasteiger partial charge in [-0.05, 0) is 61.4 Å². The molecule has 0 unspecified atom stereocenters. The molecule has 0 aliphatic carbocycles. The summed E-state index contributed by atoms with van der Waals surface area (Å²) in [6, 6.07) is 27.9. The maximum Gasteiger partial charge on any atom is 0.0381 e. The lowest BCUT2D eigenvalue weighted by Crippen LogP contribution is -2.21. The van der Waals surface area contributed by atoms with Gasteiger partial charge in [-0.1, -0.05) is 107 Å². The van der Waals surface area contributed by atoms with Crippen LogP contribution in [0.15, 0.2) is 91.1 Å². The van der Waals surface area contributed by atoms with Gasteiger partial charge in [0.05, 0.1) is 0 Å². The molecule has 3 rings (SSSR count). The Hall–Kier alpha value is -2.80. The first-order chi connectivity index (χ1) is 14.9. The largest absolute Gasteiger partial charge is 0.359 e. The van der Waals surface area contributed by atoms with Gasteiger partial charge in [0.15, 0.2) is 0 Å². The average Bonchev–Trinajstić information content (AvgIpc) is 2.80. The Balaban J connectivity index is 0.000000357. The van der Waals surface area contributed by atoms with Gasteiger partial charge >= 0.3 is 0 Å². The predicted molar refractivity (Wildman–Crippen MR) is 138 cm³/mol. The van der Waals surface area contributed by atoms with Crippen LogP contribution in [0.3, 0.4) is 0 Å². The number of anilines is 1. The van der Waals surface area contributed by atoms with Gasteiger partial charge in [0, 0.05) is 16.8 Å². The fourth-order valence-corrected chi connectivity index (χ4v) is 3.48. The second-order valence-corrected chi connectivity index (χ2v) is 8.57. The van der Waals surface area contributed by atoms with Crippen molar-refractivity contribution in [3.63, 3.8) is 0 Å². The van der Waals surface area contributed by atoms with Gasteiger partial charge < -0.3 is 5.32 Å². The lowest BCUT2D eigenvalue weighted by molar-refractivity contribution is 0.371. The Kier molecular flexibility index (Phi) is 9.59. The summed E-state index contributed by atoms with van der Waals surface area (Å²) >= 11 is 0. The maximum absolute atomic E-state index is 4.25. The quantitative estimate of drug-likeness (QED) is 0.390. The fraction of sp³-hybridized carbons (Fsp3) is 0.333. The van der Waals surface area contributed by atoms with Crippen LogP contribution in [0.4, 0.5) is 5.69 Å². The molecule has 3 aromatic rings. The summed E-state index contributed by atoms with van der Waals surface area (Å²) in [5, 5.41) is 3.49. The predicted octanol–water partition coefficient (Wildman–Crippen LogP) is 8.59. The number of aryl methyl sites for hydroxylation is 2. The van der Waals surface area contributed by atoms with Crippen molar-refractivity contribution in [1.29, 1.82) is 0 Å². The zero-order valence-electron chi connectivity index (χ0n) is 20.0. The number of hydrogen-bond donors (Lipinski definition) is 1. The molecule has 1 nitrogen and oxygen atoms in total. The van der Waals surface area contributed by atoms with Crippen LogP contribution in [0.5, 0.6) is 0 Å². The molecule has 1 N–H and O–H groups in total. The Morgan fingerprint density at radius 3 is 1.90 bits per heavy atom. The molecule has 0 fully saturated rings. The molecule has 0 radical (unpaired) electrons. The highest BCUT2D eigenvalue weighted by molar-refractivity contribution is 5.50. The van der Waals surface area contributed by atoms with Crippen LogP contribution in [0, 0.1) is 12.3 Å². The third kappa shape index (κ3) is 7.75. The van der Waals surface area contributed by atoms with E-state index in [-0.39, 0.29) is 5.41 Å². The first-order valence-corrected chi connectivity index (χ1v) is 11.5. The summed E-state index contributed by atoms with van der Waals surface area (Å²) in [6.45, 7) is 15.3. The van der Waals surface area contributed by atoms with Crippen molar-refractivity contribution in [3.05, 3.63) is 113 Å². The summed E-state index contributed by atoms with van der Waals surface area (Å²) < 4.78 is 0. The molecule has 0 spiro atoms. The van der Waals surface area contributed by atoms with Crippen molar-refractivity contribution in [2.45, 2.75) is 60.3 Å². The van der Waals surface area contributed by atoms with Crippen LogP contribution in [-0.4, -0.2) is 0 Å². The van der Waals surface area contributed by atoms with Crippen molar-refractivity contribution in [2.24, 2.45) is 5.41 Å². The first kappa shape index (κ1) is 24.5. The van der Waals surface area contributed by atoms with Crippen LogP contribution in [0.25, 0.3) is 0 Å². The lowest BCUT2D eigenvalue weighted by atomic mass is 9.81. The Morgan fingerprint density at radius 2 is 1.39 bits per heavy atom. The summed E-state index contributed by atoms with van der Waals surface area (Å²) in [6.07, 6.45) is 4.31. The second-order valence-electron chi connectivity index (χ2n) is 8.57. The monoisotopic (exact) mass is 413 g/mol. The van der Waals surface area contributed by atoms with E-state index < -0.39 is 0 Å². The van der Waals surface area contributed by atoms with Crippen LogP contribution in [-0.2, 0) is 12.8 Å². The Labute approximate surface area is 190 Å². The minimum absolute atomic E-state index is 0.153. The van der Waals surface area contributed by atoms with E-state index in [0.29, 0.717) is 0 Å². The van der Waals surface area contributed by atoms with Crippen LogP contribution < -0.4 is 5.32 Å². The van der Waals surface area contributed by atoms with Gasteiger partial charge in [-0.15, -0.1) is 0 Å². The Morgan fingerprint density at radius 1 is 0.774 bits per heavy atom. The van der Waals surface area contributed by atoms with Crippen molar-refractivity contribution in [2.75, 3.05) is 5.32 Å². The molecule has 3 aromatic carbocycles. The second kappa shape index (κ2) is 12.2. The zero-order valence-corrected chi connectivity index (χ0v) is 20.0. The fourth-order valence-electron chi connectivity index (χ4n) is 3.48. The molecule has 31 heavy (non-hydrogen) atoms. The van der Waals surface area contributed by atoms with Gasteiger partial charge in [-0.2, -0.15) is 0 Å². The van der Waals surface area contributed by atoms with Gasteiger partial charge in [-0.3, -0.25) is 0 Å². The molecule has 0 aliphatic heterocycles. The number of nitrogens with one attached hydrogen (secondary N) is 1. The minimum atomic E-state index is 0.153. The van der Waals surface area contributed by atoms with Gasteiger partial charge in [-0.25, -0.2) is 0 Å². The van der Waals surface area contributed by atoms with Crippen molar-refractivity contribution >= 4 is 5.69 Å². The van der Waals surface area contributed by atoms with Crippen LogP contribution in [0.2, 0.25) is 0 Å². The molecule has 0 bridgehead atoms. The molecule has 0 aliphatic rings. The van der Waals surface area contributed by atoms with Gasteiger partial charge in [0.25, 0.3) is 0 Å². The summed E-state index contributed by atoms with van der Waals surface area (Å²) in [7, 11) is 0. The van der Waals surface area contributed by atoms with E-state index in [0.717, 1.165) is 37.1 Å². The van der Waals surface area contributed by atoms with E-state index in [2.05, 4.69) is 119 Å². The molecular formula is C30H39N. The highest BCUT2D eigenvalue weighted by Crippen LogP contribution is 2.33. The highest BCUT2D eigenvalue weighted by Gasteiger charge is 2.23. The molecular weight excluding hydrogens is 374 g/mol. The molecule has 164 valence electrons. The number of hydrogen-bond acceptors (Lipinski definition) is 1. The zero-order chi connectivity index (χ0) is 22.7. The maximum atomic E-state index is 4.25.